The lowest BCUT2D eigenvalue weighted by molar-refractivity contribution is -0.209. The van der Waals surface area contributed by atoms with Crippen LogP contribution in [0.1, 0.15) is 40.0 Å². The second kappa shape index (κ2) is 7.13. The number of carbonyl (C=O) groups excluding carboxylic acids is 2. The quantitative estimate of drug-likeness (QED) is 0.447. The van der Waals surface area contributed by atoms with Crippen molar-refractivity contribution in [2.24, 2.45) is 5.92 Å². The molecule has 3 aliphatic heterocycles. The van der Waals surface area contributed by atoms with Gasteiger partial charge < -0.3 is 24.1 Å². The number of aliphatic hydroxyl groups is 1. The number of methoxy groups -OCH3 is 1. The number of rotatable bonds is 3. The van der Waals surface area contributed by atoms with Gasteiger partial charge >= 0.3 is 11.9 Å². The third kappa shape index (κ3) is 3.32. The monoisotopic (exact) mass is 392 g/mol. The minimum absolute atomic E-state index is 0.176. The van der Waals surface area contributed by atoms with Crippen LogP contribution in [0.15, 0.2) is 36.0 Å². The normalized spacial score (nSPS) is 41.0. The van der Waals surface area contributed by atoms with Gasteiger partial charge in [0.05, 0.1) is 17.6 Å². The SMILES string of the molecule is C=C1C(=O)O[C@@H]2CC(=C)[C@]3(O)C[C@@H](OC)[C@](C)(C[C@@H](OC(=O)/C(C)=C\C)[C@@H]12)O3. The van der Waals surface area contributed by atoms with Crippen molar-refractivity contribution >= 4 is 11.9 Å². The first-order valence-electron chi connectivity index (χ1n) is 9.42. The lowest BCUT2D eigenvalue weighted by Crippen LogP contribution is -2.45. The summed E-state index contributed by atoms with van der Waals surface area (Å²) in [5, 5.41) is 11.1. The molecule has 7 heteroatoms. The number of fused-ring (bicyclic) bond motifs is 3. The van der Waals surface area contributed by atoms with Gasteiger partial charge in [-0.1, -0.05) is 19.2 Å². The Hall–Kier alpha value is -1.96. The highest BCUT2D eigenvalue weighted by Crippen LogP contribution is 2.50. The molecular formula is C21H28O7. The lowest BCUT2D eigenvalue weighted by atomic mass is 9.79. The summed E-state index contributed by atoms with van der Waals surface area (Å²) in [6.45, 7) is 13.1. The standard InChI is InChI=1S/C21H28O7/c1-7-11(2)18(22)27-15-9-20(5)16(25-6)10-21(24,28-20)12(3)8-14-17(15)13(4)19(23)26-14/h7,14-17,24H,3-4,8-10H2,1-2,5-6H3/b11-7-/t14-,15-,16-,17+,20+,21+/m1/s1. The second-order valence-electron chi connectivity index (χ2n) is 8.05. The van der Waals surface area contributed by atoms with E-state index in [-0.39, 0.29) is 24.8 Å². The topological polar surface area (TPSA) is 91.3 Å². The average molecular weight is 392 g/mol. The fraction of sp³-hybridized carbons (Fsp3) is 0.619. The molecule has 1 N–H and O–H groups in total. The van der Waals surface area contributed by atoms with E-state index in [0.29, 0.717) is 11.1 Å². The third-order valence-corrected chi connectivity index (χ3v) is 6.17. The molecule has 3 rings (SSSR count). The van der Waals surface area contributed by atoms with Crippen LogP contribution in [0.3, 0.4) is 0 Å². The lowest BCUT2D eigenvalue weighted by Gasteiger charge is -2.35. The summed E-state index contributed by atoms with van der Waals surface area (Å²) in [6.07, 6.45) is 0.429. The van der Waals surface area contributed by atoms with Crippen LogP contribution >= 0.6 is 0 Å². The van der Waals surface area contributed by atoms with E-state index in [1.807, 2.05) is 0 Å². The van der Waals surface area contributed by atoms with Gasteiger partial charge in [0, 0.05) is 37.5 Å². The van der Waals surface area contributed by atoms with Crippen LogP contribution in [0.5, 0.6) is 0 Å². The van der Waals surface area contributed by atoms with Crippen molar-refractivity contribution in [3.05, 3.63) is 36.0 Å². The largest absolute Gasteiger partial charge is 0.458 e. The van der Waals surface area contributed by atoms with Crippen LogP contribution in [0.4, 0.5) is 0 Å². The summed E-state index contributed by atoms with van der Waals surface area (Å²) < 4.78 is 22.9. The van der Waals surface area contributed by atoms with Gasteiger partial charge in [-0.25, -0.2) is 9.59 Å². The average Bonchev–Trinajstić information content (AvgIpc) is 3.07. The molecule has 0 saturated carbocycles. The Morgan fingerprint density at radius 3 is 2.64 bits per heavy atom. The van der Waals surface area contributed by atoms with Crippen LogP contribution in [0, 0.1) is 5.92 Å². The number of hydrogen-bond acceptors (Lipinski definition) is 7. The van der Waals surface area contributed by atoms with Gasteiger partial charge in [-0.15, -0.1) is 0 Å². The number of carbonyl (C=O) groups is 2. The predicted octanol–water partition coefficient (Wildman–Crippen LogP) is 2.19. The number of hydrogen-bond donors (Lipinski definition) is 1. The summed E-state index contributed by atoms with van der Waals surface area (Å²) in [6, 6.07) is 0. The van der Waals surface area contributed by atoms with Crippen molar-refractivity contribution in [1.82, 2.24) is 0 Å². The summed E-state index contributed by atoms with van der Waals surface area (Å²) in [5.74, 6) is -3.17. The van der Waals surface area contributed by atoms with E-state index in [2.05, 4.69) is 13.2 Å². The zero-order valence-electron chi connectivity index (χ0n) is 16.8. The summed E-state index contributed by atoms with van der Waals surface area (Å²) in [4.78, 5) is 24.7. The van der Waals surface area contributed by atoms with Gasteiger partial charge in [0.15, 0.2) is 5.79 Å². The number of esters is 2. The Bertz CT molecular complexity index is 754. The first kappa shape index (κ1) is 20.8. The van der Waals surface area contributed by atoms with E-state index in [1.165, 1.54) is 0 Å². The highest BCUT2D eigenvalue weighted by Gasteiger charge is 2.59. The zero-order chi connectivity index (χ0) is 20.9. The predicted molar refractivity (Wildman–Crippen MR) is 100 cm³/mol. The fourth-order valence-corrected chi connectivity index (χ4v) is 4.35. The van der Waals surface area contributed by atoms with Gasteiger partial charge in [-0.3, -0.25) is 0 Å². The zero-order valence-corrected chi connectivity index (χ0v) is 16.8. The molecule has 0 aromatic rings. The molecule has 3 aliphatic rings. The highest BCUT2D eigenvalue weighted by molar-refractivity contribution is 5.91. The second-order valence-corrected chi connectivity index (χ2v) is 8.05. The Kier molecular flexibility index (Phi) is 5.29. The maximum Gasteiger partial charge on any atom is 0.334 e. The van der Waals surface area contributed by atoms with Crippen molar-refractivity contribution in [3.63, 3.8) is 0 Å². The molecule has 3 saturated heterocycles. The van der Waals surface area contributed by atoms with E-state index in [4.69, 9.17) is 18.9 Å². The Morgan fingerprint density at radius 1 is 1.36 bits per heavy atom. The first-order valence-corrected chi connectivity index (χ1v) is 9.42. The highest BCUT2D eigenvalue weighted by atomic mass is 16.7. The molecule has 0 unspecified atom stereocenters. The molecule has 0 amide bonds. The molecule has 2 bridgehead atoms. The molecule has 7 nitrogen and oxygen atoms in total. The van der Waals surface area contributed by atoms with Crippen molar-refractivity contribution in [1.29, 1.82) is 0 Å². The van der Waals surface area contributed by atoms with Crippen molar-refractivity contribution in [3.8, 4) is 0 Å². The van der Waals surface area contributed by atoms with Crippen molar-refractivity contribution in [2.45, 2.75) is 69.7 Å². The molecule has 0 radical (unpaired) electrons. The van der Waals surface area contributed by atoms with Crippen LogP contribution in [-0.2, 0) is 28.5 Å². The first-order chi connectivity index (χ1) is 13.0. The van der Waals surface area contributed by atoms with Crippen LogP contribution in [0.25, 0.3) is 0 Å². The molecule has 0 aromatic heterocycles. The van der Waals surface area contributed by atoms with Gasteiger partial charge in [-0.2, -0.15) is 0 Å². The molecule has 6 atom stereocenters. The molecule has 154 valence electrons. The molecular weight excluding hydrogens is 364 g/mol. The Labute approximate surface area is 165 Å². The van der Waals surface area contributed by atoms with Crippen LogP contribution in [0.2, 0.25) is 0 Å². The Balaban J connectivity index is 2.04. The molecule has 0 aliphatic carbocycles. The molecule has 3 heterocycles. The summed E-state index contributed by atoms with van der Waals surface area (Å²) in [5.41, 5.74) is 0.139. The van der Waals surface area contributed by atoms with Gasteiger partial charge in [-0.05, 0) is 26.3 Å². The fourth-order valence-electron chi connectivity index (χ4n) is 4.35. The van der Waals surface area contributed by atoms with E-state index >= 15 is 0 Å². The molecule has 3 fully saturated rings. The summed E-state index contributed by atoms with van der Waals surface area (Å²) in [7, 11) is 1.54. The minimum atomic E-state index is -1.60. The number of allylic oxidation sites excluding steroid dienone is 1. The van der Waals surface area contributed by atoms with E-state index in [0.717, 1.165) is 0 Å². The molecule has 28 heavy (non-hydrogen) atoms. The smallest absolute Gasteiger partial charge is 0.334 e. The van der Waals surface area contributed by atoms with E-state index in [1.54, 1.807) is 34.0 Å². The maximum absolute atomic E-state index is 12.5. The van der Waals surface area contributed by atoms with Gasteiger partial charge in [0.25, 0.3) is 0 Å². The Morgan fingerprint density at radius 2 is 2.04 bits per heavy atom. The van der Waals surface area contributed by atoms with Gasteiger partial charge in [0.1, 0.15) is 12.2 Å². The van der Waals surface area contributed by atoms with E-state index in [9.17, 15) is 14.7 Å². The van der Waals surface area contributed by atoms with Gasteiger partial charge in [0.2, 0.25) is 0 Å². The maximum atomic E-state index is 12.5. The van der Waals surface area contributed by atoms with Crippen LogP contribution < -0.4 is 0 Å². The number of ether oxygens (including phenoxy) is 4. The van der Waals surface area contributed by atoms with Crippen molar-refractivity contribution < 1.29 is 33.6 Å². The molecule has 0 spiro atoms. The third-order valence-electron chi connectivity index (χ3n) is 6.17. The minimum Gasteiger partial charge on any atom is -0.458 e. The van der Waals surface area contributed by atoms with Crippen LogP contribution in [-0.4, -0.2) is 53.9 Å². The van der Waals surface area contributed by atoms with Crippen molar-refractivity contribution in [2.75, 3.05) is 7.11 Å². The summed E-state index contributed by atoms with van der Waals surface area (Å²) >= 11 is 0. The van der Waals surface area contributed by atoms with E-state index < -0.39 is 47.6 Å². The molecule has 0 aromatic carbocycles.